The zero-order valence-electron chi connectivity index (χ0n) is 15.9. The lowest BCUT2D eigenvalue weighted by Crippen LogP contribution is -2.36. The summed E-state index contributed by atoms with van der Waals surface area (Å²) >= 11 is 1.54. The van der Waals surface area contributed by atoms with Gasteiger partial charge in [0, 0.05) is 19.3 Å². The molecule has 8 heteroatoms. The largest absolute Gasteiger partial charge is 0.393 e. The number of nitrogens with one attached hydrogen (secondary N) is 1. The van der Waals surface area contributed by atoms with Gasteiger partial charge in [0.05, 0.1) is 24.5 Å². The molecule has 3 rings (SSSR count). The SMILES string of the molecule is CSc1ncc(CNC(=O)c2c(C)ccn(C3CCC(O)CC3)c2=O)n1C. The standard InChI is InChI=1S/C19H26N4O3S/c1-12-8-9-23(13-4-6-15(24)7-5-13)18(26)16(12)17(25)20-10-14-11-21-19(27-3)22(14)2/h8-9,11,13,15,24H,4-7,10H2,1-3H3,(H,20,25). The first-order valence-electron chi connectivity index (χ1n) is 9.15. The van der Waals surface area contributed by atoms with E-state index in [9.17, 15) is 14.7 Å². The molecule has 0 radical (unpaired) electrons. The first-order chi connectivity index (χ1) is 12.9. The first-order valence-corrected chi connectivity index (χ1v) is 10.4. The van der Waals surface area contributed by atoms with Gasteiger partial charge in [0.1, 0.15) is 5.56 Å². The second-order valence-electron chi connectivity index (χ2n) is 7.03. The Morgan fingerprint density at radius 2 is 2.07 bits per heavy atom. The fourth-order valence-electron chi connectivity index (χ4n) is 3.58. The van der Waals surface area contributed by atoms with Crippen LogP contribution in [0.1, 0.15) is 53.3 Å². The number of hydrogen-bond donors (Lipinski definition) is 2. The van der Waals surface area contributed by atoms with E-state index >= 15 is 0 Å². The van der Waals surface area contributed by atoms with Gasteiger partial charge in [-0.2, -0.15) is 0 Å². The number of pyridine rings is 1. The summed E-state index contributed by atoms with van der Waals surface area (Å²) in [7, 11) is 1.90. The van der Waals surface area contributed by atoms with Gasteiger partial charge in [0.2, 0.25) is 0 Å². The van der Waals surface area contributed by atoms with Gasteiger partial charge < -0.3 is 19.6 Å². The summed E-state index contributed by atoms with van der Waals surface area (Å²) in [6.45, 7) is 2.09. The number of aromatic nitrogens is 3. The first kappa shape index (κ1) is 19.7. The Labute approximate surface area is 162 Å². The fraction of sp³-hybridized carbons (Fsp3) is 0.526. The molecule has 1 aliphatic carbocycles. The zero-order valence-corrected chi connectivity index (χ0v) is 16.8. The van der Waals surface area contributed by atoms with Crippen LogP contribution in [0, 0.1) is 6.92 Å². The van der Waals surface area contributed by atoms with E-state index in [4.69, 9.17) is 0 Å². The van der Waals surface area contributed by atoms with E-state index in [1.165, 1.54) is 11.8 Å². The molecule has 0 unspecified atom stereocenters. The second kappa shape index (κ2) is 8.31. The molecule has 0 atom stereocenters. The quantitative estimate of drug-likeness (QED) is 0.763. The van der Waals surface area contributed by atoms with Gasteiger partial charge in [-0.25, -0.2) is 4.98 Å². The smallest absolute Gasteiger partial charge is 0.263 e. The third-order valence-corrected chi connectivity index (χ3v) is 6.01. The van der Waals surface area contributed by atoms with E-state index < -0.39 is 0 Å². The maximum atomic E-state index is 13.0. The number of nitrogens with zero attached hydrogens (tertiary/aromatic N) is 3. The van der Waals surface area contributed by atoms with Crippen LogP contribution < -0.4 is 10.9 Å². The Balaban J connectivity index is 1.78. The Bertz CT molecular complexity index is 882. The van der Waals surface area contributed by atoms with Crippen molar-refractivity contribution in [1.82, 2.24) is 19.4 Å². The summed E-state index contributed by atoms with van der Waals surface area (Å²) in [6.07, 6.45) is 8.03. The monoisotopic (exact) mass is 390 g/mol. The summed E-state index contributed by atoms with van der Waals surface area (Å²) in [6, 6.07) is 1.85. The van der Waals surface area contributed by atoms with Crippen LogP contribution in [0.4, 0.5) is 0 Å². The molecule has 0 aliphatic heterocycles. The van der Waals surface area contributed by atoms with Crippen molar-refractivity contribution in [3.63, 3.8) is 0 Å². The number of rotatable bonds is 5. The maximum Gasteiger partial charge on any atom is 0.263 e. The number of aryl methyl sites for hydroxylation is 1. The van der Waals surface area contributed by atoms with Gasteiger partial charge in [0.15, 0.2) is 5.16 Å². The predicted molar refractivity (Wildman–Crippen MR) is 105 cm³/mol. The number of aliphatic hydroxyl groups is 1. The molecular formula is C19H26N4O3S. The Kier molecular flexibility index (Phi) is 6.06. The van der Waals surface area contributed by atoms with Crippen molar-refractivity contribution >= 4 is 17.7 Å². The summed E-state index contributed by atoms with van der Waals surface area (Å²) in [5, 5.41) is 13.4. The highest BCUT2D eigenvalue weighted by Crippen LogP contribution is 2.27. The average molecular weight is 391 g/mol. The molecule has 2 aromatic rings. The number of carbonyl (C=O) groups is 1. The van der Waals surface area contributed by atoms with Crippen LogP contribution in [-0.2, 0) is 13.6 Å². The van der Waals surface area contributed by atoms with E-state index in [-0.39, 0.29) is 29.2 Å². The molecule has 27 heavy (non-hydrogen) atoms. The zero-order chi connectivity index (χ0) is 19.6. The molecule has 1 saturated carbocycles. The van der Waals surface area contributed by atoms with Gasteiger partial charge in [-0.05, 0) is 50.5 Å². The molecule has 1 fully saturated rings. The summed E-state index contributed by atoms with van der Waals surface area (Å²) in [5.41, 5.74) is 1.47. The molecule has 2 heterocycles. The Morgan fingerprint density at radius 3 is 2.70 bits per heavy atom. The van der Waals surface area contributed by atoms with Crippen molar-refractivity contribution in [2.45, 2.75) is 56.5 Å². The number of amides is 1. The number of carbonyl (C=O) groups excluding carboxylic acids is 1. The van der Waals surface area contributed by atoms with Crippen molar-refractivity contribution in [2.24, 2.45) is 7.05 Å². The third kappa shape index (κ3) is 4.11. The minimum Gasteiger partial charge on any atom is -0.393 e. The van der Waals surface area contributed by atoms with E-state index in [1.807, 2.05) is 23.9 Å². The molecule has 0 spiro atoms. The topological polar surface area (TPSA) is 89.2 Å². The molecule has 1 amide bonds. The van der Waals surface area contributed by atoms with Gasteiger partial charge in [-0.1, -0.05) is 11.8 Å². The summed E-state index contributed by atoms with van der Waals surface area (Å²) in [4.78, 5) is 30.0. The van der Waals surface area contributed by atoms with E-state index in [2.05, 4.69) is 10.3 Å². The van der Waals surface area contributed by atoms with Crippen molar-refractivity contribution in [3.8, 4) is 0 Å². The van der Waals surface area contributed by atoms with E-state index in [0.717, 1.165) is 23.7 Å². The van der Waals surface area contributed by atoms with Gasteiger partial charge in [-0.3, -0.25) is 9.59 Å². The van der Waals surface area contributed by atoms with Crippen molar-refractivity contribution in [3.05, 3.63) is 45.6 Å². The lowest BCUT2D eigenvalue weighted by molar-refractivity contribution is 0.0943. The second-order valence-corrected chi connectivity index (χ2v) is 7.80. The summed E-state index contributed by atoms with van der Waals surface area (Å²) < 4.78 is 3.58. The molecule has 1 aliphatic rings. The number of aliphatic hydroxyl groups excluding tert-OH is 1. The van der Waals surface area contributed by atoms with Crippen LogP contribution in [0.2, 0.25) is 0 Å². The normalized spacial score (nSPS) is 19.9. The molecule has 7 nitrogen and oxygen atoms in total. The molecule has 146 valence electrons. The third-order valence-electron chi connectivity index (χ3n) is 5.27. The van der Waals surface area contributed by atoms with Crippen LogP contribution in [0.5, 0.6) is 0 Å². The summed E-state index contributed by atoms with van der Waals surface area (Å²) in [5.74, 6) is -0.366. The highest BCUT2D eigenvalue weighted by Gasteiger charge is 2.24. The van der Waals surface area contributed by atoms with Gasteiger partial charge in [-0.15, -0.1) is 0 Å². The molecule has 2 N–H and O–H groups in total. The average Bonchev–Trinajstić information content (AvgIpc) is 3.01. The highest BCUT2D eigenvalue weighted by molar-refractivity contribution is 7.98. The lowest BCUT2D eigenvalue weighted by Gasteiger charge is -2.27. The van der Waals surface area contributed by atoms with E-state index in [1.54, 1.807) is 23.9 Å². The van der Waals surface area contributed by atoms with Crippen LogP contribution >= 0.6 is 11.8 Å². The van der Waals surface area contributed by atoms with Crippen molar-refractivity contribution in [2.75, 3.05) is 6.26 Å². The van der Waals surface area contributed by atoms with Gasteiger partial charge in [0.25, 0.3) is 11.5 Å². The Hall–Kier alpha value is -2.06. The molecule has 0 saturated heterocycles. The van der Waals surface area contributed by atoms with Gasteiger partial charge >= 0.3 is 0 Å². The number of imidazole rings is 1. The lowest BCUT2D eigenvalue weighted by atomic mass is 9.92. The minimum absolute atomic E-state index is 0.0364. The number of hydrogen-bond acceptors (Lipinski definition) is 5. The fourth-order valence-corrected chi connectivity index (χ4v) is 4.13. The maximum absolute atomic E-state index is 13.0. The minimum atomic E-state index is -0.366. The van der Waals surface area contributed by atoms with Crippen LogP contribution in [0.3, 0.4) is 0 Å². The van der Waals surface area contributed by atoms with Crippen LogP contribution in [0.25, 0.3) is 0 Å². The molecule has 0 bridgehead atoms. The molecule has 0 aromatic carbocycles. The van der Waals surface area contributed by atoms with Crippen molar-refractivity contribution in [1.29, 1.82) is 0 Å². The van der Waals surface area contributed by atoms with Crippen molar-refractivity contribution < 1.29 is 9.90 Å². The molecular weight excluding hydrogens is 364 g/mol. The van der Waals surface area contributed by atoms with Crippen LogP contribution in [0.15, 0.2) is 28.4 Å². The number of thioether (sulfide) groups is 1. The van der Waals surface area contributed by atoms with E-state index in [0.29, 0.717) is 24.9 Å². The Morgan fingerprint density at radius 1 is 1.37 bits per heavy atom. The highest BCUT2D eigenvalue weighted by atomic mass is 32.2. The molecule has 2 aromatic heterocycles. The predicted octanol–water partition coefficient (Wildman–Crippen LogP) is 2.02. The van der Waals surface area contributed by atoms with Crippen LogP contribution in [-0.4, -0.2) is 37.5 Å².